The zero-order chi connectivity index (χ0) is 8.77. The maximum atomic E-state index is 4.03. The Labute approximate surface area is 72.2 Å². The van der Waals surface area contributed by atoms with Crippen LogP contribution in [0.2, 0.25) is 0 Å². The Kier molecular flexibility index (Phi) is 1.48. The van der Waals surface area contributed by atoms with E-state index in [0.29, 0.717) is 0 Å². The standard InChI is InChI=1S/C8H14N4/c1-8(2,3)12-4-7-10-9-5-11(7)6-12/h5H,4,6H2,1-3H3. The summed E-state index contributed by atoms with van der Waals surface area (Å²) in [6.45, 7) is 8.49. The van der Waals surface area contributed by atoms with Gasteiger partial charge in [-0.05, 0) is 20.8 Å². The van der Waals surface area contributed by atoms with Crippen molar-refractivity contribution in [3.63, 3.8) is 0 Å². The van der Waals surface area contributed by atoms with Gasteiger partial charge in [-0.3, -0.25) is 4.90 Å². The predicted molar refractivity (Wildman–Crippen MR) is 45.3 cm³/mol. The molecule has 4 heteroatoms. The number of hydrogen-bond donors (Lipinski definition) is 0. The molecule has 0 unspecified atom stereocenters. The van der Waals surface area contributed by atoms with E-state index in [0.717, 1.165) is 19.0 Å². The highest BCUT2D eigenvalue weighted by Crippen LogP contribution is 2.22. The summed E-state index contributed by atoms with van der Waals surface area (Å²) in [4.78, 5) is 2.37. The highest BCUT2D eigenvalue weighted by atomic mass is 15.4. The van der Waals surface area contributed by atoms with E-state index < -0.39 is 0 Å². The summed E-state index contributed by atoms with van der Waals surface area (Å²) in [5, 5.41) is 7.88. The average molecular weight is 166 g/mol. The minimum Gasteiger partial charge on any atom is -0.303 e. The van der Waals surface area contributed by atoms with Crippen molar-refractivity contribution in [1.29, 1.82) is 0 Å². The molecular weight excluding hydrogens is 152 g/mol. The van der Waals surface area contributed by atoms with Gasteiger partial charge >= 0.3 is 0 Å². The number of rotatable bonds is 0. The molecule has 0 radical (unpaired) electrons. The van der Waals surface area contributed by atoms with Gasteiger partial charge < -0.3 is 4.57 Å². The molecule has 2 heterocycles. The predicted octanol–water partition coefficient (Wildman–Crippen LogP) is 0.850. The monoisotopic (exact) mass is 166 g/mol. The highest BCUT2D eigenvalue weighted by molar-refractivity contribution is 4.94. The van der Waals surface area contributed by atoms with Gasteiger partial charge in [0.2, 0.25) is 0 Å². The van der Waals surface area contributed by atoms with Crippen LogP contribution in [0.15, 0.2) is 6.33 Å². The second-order valence-electron chi connectivity index (χ2n) is 4.23. The van der Waals surface area contributed by atoms with Crippen LogP contribution in [-0.2, 0) is 13.2 Å². The molecule has 4 nitrogen and oxygen atoms in total. The van der Waals surface area contributed by atoms with Gasteiger partial charge in [-0.15, -0.1) is 10.2 Å². The van der Waals surface area contributed by atoms with Gasteiger partial charge in [0.05, 0.1) is 13.2 Å². The number of nitrogens with zero attached hydrogens (tertiary/aromatic N) is 4. The minimum absolute atomic E-state index is 0.223. The van der Waals surface area contributed by atoms with Crippen LogP contribution in [0, 0.1) is 0 Å². The Morgan fingerprint density at radius 2 is 2.17 bits per heavy atom. The number of fused-ring (bicyclic) bond motifs is 1. The highest BCUT2D eigenvalue weighted by Gasteiger charge is 2.28. The lowest BCUT2D eigenvalue weighted by atomic mass is 10.1. The minimum atomic E-state index is 0.223. The van der Waals surface area contributed by atoms with Gasteiger partial charge in [0.1, 0.15) is 12.2 Å². The summed E-state index contributed by atoms with van der Waals surface area (Å²) in [6, 6.07) is 0. The third-order valence-corrected chi connectivity index (χ3v) is 2.30. The van der Waals surface area contributed by atoms with Crippen molar-refractivity contribution in [2.24, 2.45) is 0 Å². The van der Waals surface area contributed by atoms with Crippen molar-refractivity contribution >= 4 is 0 Å². The molecule has 0 saturated carbocycles. The Morgan fingerprint density at radius 1 is 1.42 bits per heavy atom. The van der Waals surface area contributed by atoms with E-state index in [1.165, 1.54) is 0 Å². The molecule has 0 saturated heterocycles. The topological polar surface area (TPSA) is 34.0 Å². The van der Waals surface area contributed by atoms with Crippen molar-refractivity contribution in [3.05, 3.63) is 12.2 Å². The molecule has 0 bridgehead atoms. The summed E-state index contributed by atoms with van der Waals surface area (Å²) >= 11 is 0. The second-order valence-corrected chi connectivity index (χ2v) is 4.23. The summed E-state index contributed by atoms with van der Waals surface area (Å²) in [6.07, 6.45) is 1.79. The van der Waals surface area contributed by atoms with E-state index >= 15 is 0 Å². The van der Waals surface area contributed by atoms with Crippen molar-refractivity contribution in [3.8, 4) is 0 Å². The van der Waals surface area contributed by atoms with E-state index in [-0.39, 0.29) is 5.54 Å². The summed E-state index contributed by atoms with van der Waals surface area (Å²) in [5.41, 5.74) is 0.223. The molecule has 2 rings (SSSR count). The summed E-state index contributed by atoms with van der Waals surface area (Å²) in [5.74, 6) is 1.07. The van der Waals surface area contributed by atoms with Crippen molar-refractivity contribution in [2.75, 3.05) is 0 Å². The Bertz CT molecular complexity index is 263. The molecule has 0 atom stereocenters. The van der Waals surface area contributed by atoms with E-state index in [9.17, 15) is 0 Å². The van der Waals surface area contributed by atoms with Crippen LogP contribution >= 0.6 is 0 Å². The summed E-state index contributed by atoms with van der Waals surface area (Å²) in [7, 11) is 0. The zero-order valence-corrected chi connectivity index (χ0v) is 7.78. The SMILES string of the molecule is CC(C)(C)N1Cc2nncn2C1. The van der Waals surface area contributed by atoms with E-state index in [1.807, 2.05) is 0 Å². The maximum absolute atomic E-state index is 4.03. The van der Waals surface area contributed by atoms with Crippen LogP contribution in [0.1, 0.15) is 26.6 Å². The van der Waals surface area contributed by atoms with Crippen molar-refractivity contribution in [2.45, 2.75) is 39.5 Å². The maximum Gasteiger partial charge on any atom is 0.148 e. The first-order valence-electron chi connectivity index (χ1n) is 4.19. The first-order valence-corrected chi connectivity index (χ1v) is 4.19. The smallest absolute Gasteiger partial charge is 0.148 e. The van der Waals surface area contributed by atoms with Gasteiger partial charge in [-0.25, -0.2) is 0 Å². The Hall–Kier alpha value is -0.900. The van der Waals surface area contributed by atoms with Crippen LogP contribution < -0.4 is 0 Å². The van der Waals surface area contributed by atoms with Gasteiger partial charge in [-0.2, -0.15) is 0 Å². The average Bonchev–Trinajstić information content (AvgIpc) is 2.37. The fourth-order valence-electron chi connectivity index (χ4n) is 1.37. The molecule has 66 valence electrons. The summed E-state index contributed by atoms with van der Waals surface area (Å²) < 4.78 is 2.09. The van der Waals surface area contributed by atoms with Crippen LogP contribution in [0.4, 0.5) is 0 Å². The number of hydrogen-bond acceptors (Lipinski definition) is 3. The van der Waals surface area contributed by atoms with Crippen LogP contribution in [-0.4, -0.2) is 25.2 Å². The van der Waals surface area contributed by atoms with E-state index in [2.05, 4.69) is 40.4 Å². The Morgan fingerprint density at radius 3 is 2.75 bits per heavy atom. The Balaban J connectivity index is 2.18. The lowest BCUT2D eigenvalue weighted by molar-refractivity contribution is 0.118. The molecular formula is C8H14N4. The quantitative estimate of drug-likeness (QED) is 0.573. The molecule has 0 N–H and O–H groups in total. The van der Waals surface area contributed by atoms with Crippen molar-refractivity contribution in [1.82, 2.24) is 19.7 Å². The largest absolute Gasteiger partial charge is 0.303 e. The molecule has 12 heavy (non-hydrogen) atoms. The normalized spacial score (nSPS) is 18.2. The van der Waals surface area contributed by atoms with Crippen LogP contribution in [0.3, 0.4) is 0 Å². The molecule has 0 fully saturated rings. The third kappa shape index (κ3) is 1.12. The fraction of sp³-hybridized carbons (Fsp3) is 0.750. The van der Waals surface area contributed by atoms with Crippen molar-refractivity contribution < 1.29 is 0 Å². The third-order valence-electron chi connectivity index (χ3n) is 2.30. The van der Waals surface area contributed by atoms with Crippen LogP contribution in [0.5, 0.6) is 0 Å². The molecule has 1 aliphatic heterocycles. The first kappa shape index (κ1) is 7.73. The molecule has 1 aromatic heterocycles. The molecule has 1 aromatic rings. The lowest BCUT2D eigenvalue weighted by Crippen LogP contribution is -2.37. The van der Waals surface area contributed by atoms with E-state index in [1.54, 1.807) is 6.33 Å². The molecule has 1 aliphatic rings. The lowest BCUT2D eigenvalue weighted by Gasteiger charge is -2.30. The van der Waals surface area contributed by atoms with Gasteiger partial charge in [0.15, 0.2) is 0 Å². The van der Waals surface area contributed by atoms with Crippen LogP contribution in [0.25, 0.3) is 0 Å². The van der Waals surface area contributed by atoms with Gasteiger partial charge in [0, 0.05) is 5.54 Å². The second kappa shape index (κ2) is 2.29. The first-order chi connectivity index (χ1) is 5.57. The fourth-order valence-corrected chi connectivity index (χ4v) is 1.37. The molecule has 0 aromatic carbocycles. The van der Waals surface area contributed by atoms with E-state index in [4.69, 9.17) is 0 Å². The van der Waals surface area contributed by atoms with Gasteiger partial charge in [-0.1, -0.05) is 0 Å². The van der Waals surface area contributed by atoms with Gasteiger partial charge in [0.25, 0.3) is 0 Å². The molecule has 0 amide bonds. The molecule has 0 spiro atoms. The number of aromatic nitrogens is 3. The zero-order valence-electron chi connectivity index (χ0n) is 7.78. The molecule has 0 aliphatic carbocycles.